The van der Waals surface area contributed by atoms with Gasteiger partial charge in [-0.3, -0.25) is 9.97 Å². The molecule has 1 saturated heterocycles. The van der Waals surface area contributed by atoms with Gasteiger partial charge in [0.2, 0.25) is 0 Å². The molecular weight excluding hydrogens is 256 g/mol. The Morgan fingerprint density at radius 3 is 2.83 bits per heavy atom. The van der Waals surface area contributed by atoms with Gasteiger partial charge in [0, 0.05) is 39.6 Å². The van der Waals surface area contributed by atoms with Gasteiger partial charge in [0.1, 0.15) is 6.10 Å². The van der Waals surface area contributed by atoms with E-state index in [-0.39, 0.29) is 12.6 Å². The van der Waals surface area contributed by atoms with Crippen molar-refractivity contribution in [2.24, 2.45) is 0 Å². The lowest BCUT2D eigenvalue weighted by molar-refractivity contribution is -0.00643. The van der Waals surface area contributed by atoms with Crippen LogP contribution < -0.4 is 0 Å². The van der Waals surface area contributed by atoms with Crippen molar-refractivity contribution < 1.29 is 13.2 Å². The van der Waals surface area contributed by atoms with E-state index in [2.05, 4.69) is 9.97 Å². The lowest BCUT2D eigenvalue weighted by atomic mass is 10.2. The van der Waals surface area contributed by atoms with Crippen molar-refractivity contribution in [3.8, 4) is 0 Å². The van der Waals surface area contributed by atoms with Gasteiger partial charge in [-0.05, 0) is 0 Å². The monoisotopic (exact) mass is 272 g/mol. The Morgan fingerprint density at radius 1 is 1.44 bits per heavy atom. The third-order valence-electron chi connectivity index (χ3n) is 2.73. The first-order chi connectivity index (χ1) is 8.51. The topological polar surface area (TPSA) is 75.6 Å². The molecule has 0 spiro atoms. The van der Waals surface area contributed by atoms with Gasteiger partial charge in [0.25, 0.3) is 10.2 Å². The van der Waals surface area contributed by atoms with Gasteiger partial charge in [-0.25, -0.2) is 0 Å². The van der Waals surface area contributed by atoms with Crippen LogP contribution >= 0.6 is 0 Å². The lowest BCUT2D eigenvalue weighted by Gasteiger charge is -2.33. The van der Waals surface area contributed by atoms with Crippen LogP contribution in [0.15, 0.2) is 18.6 Å². The highest BCUT2D eigenvalue weighted by Gasteiger charge is 2.32. The molecule has 0 saturated carbocycles. The van der Waals surface area contributed by atoms with Crippen molar-refractivity contribution in [3.63, 3.8) is 0 Å². The van der Waals surface area contributed by atoms with Crippen LogP contribution in [0.2, 0.25) is 0 Å². The quantitative estimate of drug-likeness (QED) is 0.752. The number of hydrogen-bond acceptors (Lipinski definition) is 5. The Morgan fingerprint density at radius 2 is 2.22 bits per heavy atom. The van der Waals surface area contributed by atoms with Crippen molar-refractivity contribution >= 4 is 10.2 Å². The smallest absolute Gasteiger partial charge is 0.281 e. The summed E-state index contributed by atoms with van der Waals surface area (Å²) in [4.78, 5) is 8.10. The maximum Gasteiger partial charge on any atom is 0.281 e. The number of rotatable bonds is 3. The van der Waals surface area contributed by atoms with Crippen molar-refractivity contribution in [2.75, 3.05) is 33.8 Å². The molecule has 100 valence electrons. The second-order valence-corrected chi connectivity index (χ2v) is 6.28. The Labute approximate surface area is 107 Å². The first-order valence-electron chi connectivity index (χ1n) is 5.57. The summed E-state index contributed by atoms with van der Waals surface area (Å²) in [7, 11) is -0.370. The van der Waals surface area contributed by atoms with Crippen molar-refractivity contribution in [2.45, 2.75) is 6.10 Å². The van der Waals surface area contributed by atoms with E-state index >= 15 is 0 Å². The number of aromatic nitrogens is 2. The molecule has 18 heavy (non-hydrogen) atoms. The Kier molecular flexibility index (Phi) is 3.91. The van der Waals surface area contributed by atoms with Crippen molar-refractivity contribution in [1.29, 1.82) is 0 Å². The van der Waals surface area contributed by atoms with E-state index in [1.165, 1.54) is 22.7 Å². The summed E-state index contributed by atoms with van der Waals surface area (Å²) in [5, 5.41) is 0. The van der Waals surface area contributed by atoms with Crippen LogP contribution in [0.1, 0.15) is 11.8 Å². The van der Waals surface area contributed by atoms with E-state index in [0.29, 0.717) is 18.8 Å². The summed E-state index contributed by atoms with van der Waals surface area (Å²) >= 11 is 0. The average Bonchev–Trinajstić information content (AvgIpc) is 2.40. The van der Waals surface area contributed by atoms with Gasteiger partial charge < -0.3 is 4.74 Å². The van der Waals surface area contributed by atoms with E-state index in [4.69, 9.17) is 4.74 Å². The molecule has 0 aromatic carbocycles. The van der Waals surface area contributed by atoms with Gasteiger partial charge in [-0.1, -0.05) is 0 Å². The zero-order valence-electron chi connectivity index (χ0n) is 10.4. The molecule has 1 aromatic heterocycles. The Balaban J connectivity index is 2.15. The molecular formula is C10H16N4O3S. The fraction of sp³-hybridized carbons (Fsp3) is 0.600. The van der Waals surface area contributed by atoms with Crippen LogP contribution in [-0.2, 0) is 14.9 Å². The highest BCUT2D eigenvalue weighted by atomic mass is 32.2. The van der Waals surface area contributed by atoms with E-state index < -0.39 is 10.2 Å². The predicted octanol–water partition coefficient (Wildman–Crippen LogP) is -0.344. The fourth-order valence-electron chi connectivity index (χ4n) is 1.72. The molecule has 0 N–H and O–H groups in total. The average molecular weight is 272 g/mol. The van der Waals surface area contributed by atoms with Crippen LogP contribution in [0.3, 0.4) is 0 Å². The zero-order chi connectivity index (χ0) is 13.2. The highest BCUT2D eigenvalue weighted by molar-refractivity contribution is 7.86. The molecule has 1 atom stereocenters. The van der Waals surface area contributed by atoms with Crippen LogP contribution in [0.25, 0.3) is 0 Å². The molecule has 1 aliphatic heterocycles. The first-order valence-corrected chi connectivity index (χ1v) is 6.96. The number of hydrogen-bond donors (Lipinski definition) is 0. The van der Waals surface area contributed by atoms with E-state index in [0.717, 1.165) is 0 Å². The summed E-state index contributed by atoms with van der Waals surface area (Å²) in [5.41, 5.74) is 0.649. The third kappa shape index (κ3) is 2.66. The Bertz CT molecular complexity index is 491. The number of ether oxygens (including phenoxy) is 1. The molecule has 1 aromatic rings. The van der Waals surface area contributed by atoms with Gasteiger partial charge in [-0.15, -0.1) is 0 Å². The zero-order valence-corrected chi connectivity index (χ0v) is 11.2. The van der Waals surface area contributed by atoms with Crippen LogP contribution in [0.4, 0.5) is 0 Å². The molecule has 2 heterocycles. The predicted molar refractivity (Wildman–Crippen MR) is 64.9 cm³/mol. The SMILES string of the molecule is CN(C)S(=O)(=O)N1CCO[C@H](c2cnccn2)C1. The first kappa shape index (κ1) is 13.3. The maximum absolute atomic E-state index is 12.0. The minimum atomic E-state index is -3.40. The lowest BCUT2D eigenvalue weighted by Crippen LogP contribution is -2.47. The largest absolute Gasteiger partial charge is 0.369 e. The molecule has 2 rings (SSSR count). The highest BCUT2D eigenvalue weighted by Crippen LogP contribution is 2.22. The maximum atomic E-state index is 12.0. The summed E-state index contributed by atoms with van der Waals surface area (Å²) in [6, 6.07) is 0. The molecule has 0 amide bonds. The minimum absolute atomic E-state index is 0.263. The van der Waals surface area contributed by atoms with Gasteiger partial charge in [0.05, 0.1) is 18.5 Å². The molecule has 0 radical (unpaired) electrons. The molecule has 0 bridgehead atoms. The van der Waals surface area contributed by atoms with Gasteiger partial charge >= 0.3 is 0 Å². The van der Waals surface area contributed by atoms with E-state index in [9.17, 15) is 8.42 Å². The molecule has 1 fully saturated rings. The van der Waals surface area contributed by atoms with Crippen LogP contribution in [0.5, 0.6) is 0 Å². The van der Waals surface area contributed by atoms with Gasteiger partial charge in [0.15, 0.2) is 0 Å². The summed E-state index contributed by atoms with van der Waals surface area (Å²) in [5.74, 6) is 0. The van der Waals surface area contributed by atoms with Gasteiger partial charge in [-0.2, -0.15) is 17.0 Å². The fourth-order valence-corrected chi connectivity index (χ4v) is 2.81. The molecule has 7 nitrogen and oxygen atoms in total. The minimum Gasteiger partial charge on any atom is -0.369 e. The number of nitrogens with zero attached hydrogens (tertiary/aromatic N) is 4. The Hall–Kier alpha value is -1.09. The number of morpholine rings is 1. The summed E-state index contributed by atoms with van der Waals surface area (Å²) in [6.45, 7) is 0.977. The van der Waals surface area contributed by atoms with Crippen LogP contribution in [-0.4, -0.2) is 60.8 Å². The molecule has 1 aliphatic rings. The van der Waals surface area contributed by atoms with E-state index in [1.54, 1.807) is 18.6 Å². The van der Waals surface area contributed by atoms with Crippen molar-refractivity contribution in [3.05, 3.63) is 24.3 Å². The van der Waals surface area contributed by atoms with Crippen LogP contribution in [0, 0.1) is 0 Å². The standard InChI is InChI=1S/C10H16N4O3S/c1-13(2)18(15,16)14-5-6-17-10(8-14)9-7-11-3-4-12-9/h3-4,7,10H,5-6,8H2,1-2H3/t10-/m0/s1. The second kappa shape index (κ2) is 5.27. The van der Waals surface area contributed by atoms with Crippen molar-refractivity contribution in [1.82, 2.24) is 18.6 Å². The molecule has 8 heteroatoms. The molecule has 0 aliphatic carbocycles. The van der Waals surface area contributed by atoms with E-state index in [1.807, 2.05) is 0 Å². The summed E-state index contributed by atoms with van der Waals surface area (Å²) in [6.07, 6.45) is 4.37. The third-order valence-corrected chi connectivity index (χ3v) is 4.64. The molecule has 0 unspecified atom stereocenters. The normalized spacial score (nSPS) is 22.3. The second-order valence-electron chi connectivity index (χ2n) is 4.14. The summed E-state index contributed by atoms with van der Waals surface area (Å²) < 4.78 is 32.2.